The van der Waals surface area contributed by atoms with Crippen LogP contribution in [0.3, 0.4) is 0 Å². The van der Waals surface area contributed by atoms with Crippen molar-refractivity contribution < 1.29 is 18.7 Å². The predicted octanol–water partition coefficient (Wildman–Crippen LogP) is 3.78. The molecule has 2 aromatic heterocycles. The van der Waals surface area contributed by atoms with E-state index in [1.54, 1.807) is 30.6 Å². The highest BCUT2D eigenvalue weighted by Crippen LogP contribution is 2.36. The summed E-state index contributed by atoms with van der Waals surface area (Å²) < 4.78 is 19.7. The molecule has 0 fully saturated rings. The maximum atomic E-state index is 13.6. The molecule has 1 aromatic carbocycles. The monoisotopic (exact) mass is 578 g/mol. The van der Waals surface area contributed by atoms with E-state index in [1.165, 1.54) is 11.3 Å². The zero-order valence-electron chi connectivity index (χ0n) is 18.6. The van der Waals surface area contributed by atoms with Gasteiger partial charge in [-0.2, -0.15) is 0 Å². The molecular formula is C24H23IN2O5S. The lowest BCUT2D eigenvalue weighted by Crippen LogP contribution is -2.40. The number of carbonyl (C=O) groups is 1. The third-order valence-corrected chi connectivity index (χ3v) is 6.52. The van der Waals surface area contributed by atoms with Crippen LogP contribution in [0.5, 0.6) is 5.75 Å². The summed E-state index contributed by atoms with van der Waals surface area (Å²) >= 11 is 3.33. The van der Waals surface area contributed by atoms with E-state index >= 15 is 0 Å². The van der Waals surface area contributed by atoms with Crippen LogP contribution in [0.4, 0.5) is 0 Å². The van der Waals surface area contributed by atoms with E-state index in [0.717, 1.165) is 3.77 Å². The van der Waals surface area contributed by atoms with Gasteiger partial charge in [0.15, 0.2) is 8.57 Å². The number of carbonyl (C=O) groups excluding carboxylic acids is 1. The number of nitrogens with zero attached hydrogens (tertiary/aromatic N) is 2. The molecule has 1 aliphatic heterocycles. The van der Waals surface area contributed by atoms with Crippen LogP contribution in [0.2, 0.25) is 0 Å². The molecule has 172 valence electrons. The molecule has 0 bridgehead atoms. The standard InChI is InChI=1S/C24H23IN2O5S/c1-5-30-23(29)20-14(4)26-24-27(21(20)16-8-6-7-9-17(16)31-13(2)3)22(28)18(33-24)12-15-10-11-19(25)32-15/h6-13,21H,5H2,1-4H3. The molecule has 0 N–H and O–H groups in total. The van der Waals surface area contributed by atoms with Crippen LogP contribution in [0, 0.1) is 3.77 Å². The number of esters is 1. The molecule has 0 radical (unpaired) electrons. The Morgan fingerprint density at radius 2 is 2.06 bits per heavy atom. The molecule has 0 aliphatic carbocycles. The fourth-order valence-electron chi connectivity index (χ4n) is 3.69. The first-order valence-electron chi connectivity index (χ1n) is 10.5. The van der Waals surface area contributed by atoms with Gasteiger partial charge in [-0.3, -0.25) is 9.36 Å². The van der Waals surface area contributed by atoms with E-state index in [4.69, 9.17) is 13.9 Å². The van der Waals surface area contributed by atoms with E-state index in [0.29, 0.717) is 37.7 Å². The highest BCUT2D eigenvalue weighted by atomic mass is 127. The van der Waals surface area contributed by atoms with Gasteiger partial charge in [-0.15, -0.1) is 0 Å². The number of furan rings is 1. The van der Waals surface area contributed by atoms with Gasteiger partial charge in [0, 0.05) is 11.6 Å². The normalized spacial score (nSPS) is 16.1. The van der Waals surface area contributed by atoms with Crippen molar-refractivity contribution in [3.63, 3.8) is 0 Å². The minimum absolute atomic E-state index is 0.0838. The summed E-state index contributed by atoms with van der Waals surface area (Å²) in [6.45, 7) is 7.59. The second kappa shape index (κ2) is 9.68. The maximum Gasteiger partial charge on any atom is 0.338 e. The molecule has 0 saturated heterocycles. The number of aromatic nitrogens is 1. The molecule has 0 spiro atoms. The Labute approximate surface area is 208 Å². The van der Waals surface area contributed by atoms with Gasteiger partial charge in [-0.1, -0.05) is 29.5 Å². The maximum absolute atomic E-state index is 13.6. The first-order chi connectivity index (χ1) is 15.8. The van der Waals surface area contributed by atoms with Crippen molar-refractivity contribution in [1.29, 1.82) is 0 Å². The summed E-state index contributed by atoms with van der Waals surface area (Å²) in [7, 11) is 0. The summed E-state index contributed by atoms with van der Waals surface area (Å²) in [5.41, 5.74) is 1.27. The predicted molar refractivity (Wildman–Crippen MR) is 134 cm³/mol. The Bertz CT molecular complexity index is 1410. The fourth-order valence-corrected chi connectivity index (χ4v) is 5.15. The van der Waals surface area contributed by atoms with E-state index in [2.05, 4.69) is 27.6 Å². The fraction of sp³-hybridized carbons (Fsp3) is 0.292. The number of hydrogen-bond donors (Lipinski definition) is 0. The van der Waals surface area contributed by atoms with Crippen molar-refractivity contribution in [1.82, 2.24) is 4.57 Å². The molecule has 9 heteroatoms. The molecule has 7 nitrogen and oxygen atoms in total. The summed E-state index contributed by atoms with van der Waals surface area (Å²) in [5, 5.41) is 0. The Morgan fingerprint density at radius 1 is 1.30 bits per heavy atom. The SMILES string of the molecule is CCOC(=O)C1=C(C)N=c2sc(=Cc3ccc(I)o3)c(=O)n2C1c1ccccc1OC(C)C. The Balaban J connectivity index is 1.98. The van der Waals surface area contributed by atoms with Crippen LogP contribution in [0.25, 0.3) is 6.08 Å². The third kappa shape index (κ3) is 4.70. The number of rotatable bonds is 6. The summed E-state index contributed by atoms with van der Waals surface area (Å²) in [6.07, 6.45) is 1.61. The number of fused-ring (bicyclic) bond motifs is 1. The van der Waals surface area contributed by atoms with E-state index in [1.807, 2.05) is 44.2 Å². The molecule has 3 aromatic rings. The van der Waals surface area contributed by atoms with Gasteiger partial charge >= 0.3 is 5.97 Å². The van der Waals surface area contributed by atoms with Crippen molar-refractivity contribution in [2.24, 2.45) is 4.99 Å². The molecule has 1 atom stereocenters. The van der Waals surface area contributed by atoms with Gasteiger partial charge in [0.25, 0.3) is 5.56 Å². The van der Waals surface area contributed by atoms with Gasteiger partial charge < -0.3 is 13.9 Å². The molecule has 33 heavy (non-hydrogen) atoms. The number of halogens is 1. The lowest BCUT2D eigenvalue weighted by molar-refractivity contribution is -0.139. The van der Waals surface area contributed by atoms with Crippen LogP contribution in [0.15, 0.2) is 61.9 Å². The van der Waals surface area contributed by atoms with Crippen molar-refractivity contribution in [2.75, 3.05) is 6.61 Å². The minimum Gasteiger partial charge on any atom is -0.491 e. The number of hydrogen-bond acceptors (Lipinski definition) is 7. The van der Waals surface area contributed by atoms with E-state index in [9.17, 15) is 9.59 Å². The zero-order chi connectivity index (χ0) is 23.7. The second-order valence-corrected chi connectivity index (χ2v) is 9.72. The number of thiazole rings is 1. The molecule has 0 amide bonds. The minimum atomic E-state index is -0.728. The van der Waals surface area contributed by atoms with Crippen LogP contribution < -0.4 is 19.6 Å². The smallest absolute Gasteiger partial charge is 0.338 e. The summed E-state index contributed by atoms with van der Waals surface area (Å²) in [6, 6.07) is 10.3. The molecule has 4 rings (SSSR count). The molecule has 1 aliphatic rings. The van der Waals surface area contributed by atoms with Gasteiger partial charge in [0.1, 0.15) is 17.6 Å². The average Bonchev–Trinajstić information content (AvgIpc) is 3.30. The zero-order valence-corrected chi connectivity index (χ0v) is 21.6. The highest BCUT2D eigenvalue weighted by molar-refractivity contribution is 14.1. The number of allylic oxidation sites excluding steroid dienone is 1. The van der Waals surface area contributed by atoms with Crippen molar-refractivity contribution >= 4 is 46.0 Å². The van der Waals surface area contributed by atoms with Crippen molar-refractivity contribution in [3.8, 4) is 5.75 Å². The largest absolute Gasteiger partial charge is 0.491 e. The molecular weight excluding hydrogens is 555 g/mol. The third-order valence-electron chi connectivity index (χ3n) is 4.96. The van der Waals surface area contributed by atoms with Gasteiger partial charge in [-0.25, -0.2) is 9.79 Å². The van der Waals surface area contributed by atoms with E-state index in [-0.39, 0.29) is 18.3 Å². The van der Waals surface area contributed by atoms with Crippen LogP contribution >= 0.6 is 33.9 Å². The second-order valence-electron chi connectivity index (χ2n) is 7.65. The molecule has 1 unspecified atom stereocenters. The average molecular weight is 578 g/mol. The van der Waals surface area contributed by atoms with Crippen molar-refractivity contribution in [3.05, 3.63) is 82.4 Å². The first kappa shape index (κ1) is 23.5. The number of para-hydroxylation sites is 1. The highest BCUT2D eigenvalue weighted by Gasteiger charge is 2.35. The van der Waals surface area contributed by atoms with E-state index < -0.39 is 12.0 Å². The van der Waals surface area contributed by atoms with Crippen molar-refractivity contribution in [2.45, 2.75) is 39.8 Å². The summed E-state index contributed by atoms with van der Waals surface area (Å²) in [5.74, 6) is 0.674. The van der Waals surface area contributed by atoms with Crippen LogP contribution in [-0.4, -0.2) is 23.2 Å². The first-order valence-corrected chi connectivity index (χ1v) is 12.4. The lowest BCUT2D eigenvalue weighted by Gasteiger charge is -2.26. The van der Waals surface area contributed by atoms with Gasteiger partial charge in [-0.05, 0) is 68.5 Å². The number of ether oxygens (including phenoxy) is 2. The Hall–Kier alpha value is -2.66. The Morgan fingerprint density at radius 3 is 2.73 bits per heavy atom. The van der Waals surface area contributed by atoms with Crippen LogP contribution in [-0.2, 0) is 9.53 Å². The molecule has 0 saturated carbocycles. The quantitative estimate of drug-likeness (QED) is 0.329. The lowest BCUT2D eigenvalue weighted by atomic mass is 9.95. The number of benzene rings is 1. The molecule has 3 heterocycles. The Kier molecular flexibility index (Phi) is 6.89. The topological polar surface area (TPSA) is 83.0 Å². The van der Waals surface area contributed by atoms with Gasteiger partial charge in [0.2, 0.25) is 0 Å². The van der Waals surface area contributed by atoms with Gasteiger partial charge in [0.05, 0.1) is 28.5 Å². The summed E-state index contributed by atoms with van der Waals surface area (Å²) in [4.78, 5) is 31.7. The van der Waals surface area contributed by atoms with Crippen LogP contribution in [0.1, 0.15) is 45.1 Å².